The maximum Gasteiger partial charge on any atom is 0.244 e. The highest BCUT2D eigenvalue weighted by Crippen LogP contribution is 2.28. The largest absolute Gasteiger partial charge is 0.497 e. The Kier molecular flexibility index (Phi) is 3.33. The van der Waals surface area contributed by atoms with Gasteiger partial charge in [0.1, 0.15) is 5.75 Å². The molecular weight excluding hydrogens is 216 g/mol. The van der Waals surface area contributed by atoms with Crippen LogP contribution < -0.4 is 15.8 Å². The minimum Gasteiger partial charge on any atom is -0.497 e. The highest BCUT2D eigenvalue weighted by molar-refractivity contribution is 5.98. The average Bonchev–Trinajstić information content (AvgIpc) is 2.78. The van der Waals surface area contributed by atoms with Crippen LogP contribution in [0, 0.1) is 0 Å². The number of nitrogens with two attached hydrogens (primary N) is 1. The van der Waals surface area contributed by atoms with Crippen molar-refractivity contribution in [3.05, 3.63) is 24.3 Å². The third kappa shape index (κ3) is 2.58. The summed E-state index contributed by atoms with van der Waals surface area (Å²) >= 11 is 0. The molecule has 1 fully saturated rings. The Balaban J connectivity index is 2.02. The molecule has 0 radical (unpaired) electrons. The van der Waals surface area contributed by atoms with E-state index in [1.54, 1.807) is 7.11 Å². The molecule has 0 unspecified atom stereocenters. The molecule has 0 atom stereocenters. The van der Waals surface area contributed by atoms with E-state index >= 15 is 0 Å². The summed E-state index contributed by atoms with van der Waals surface area (Å²) in [4.78, 5) is 12.0. The molecule has 0 heterocycles. The summed E-state index contributed by atoms with van der Waals surface area (Å²) in [6.45, 7) is 0. The van der Waals surface area contributed by atoms with Gasteiger partial charge in [-0.3, -0.25) is 4.79 Å². The Labute approximate surface area is 101 Å². The SMILES string of the molecule is COc1ccc(NC(=O)C2(N)CCCC2)cc1. The van der Waals surface area contributed by atoms with Crippen LogP contribution in [0.15, 0.2) is 24.3 Å². The fourth-order valence-electron chi connectivity index (χ4n) is 2.16. The molecule has 1 aliphatic rings. The normalized spacial score (nSPS) is 17.8. The Morgan fingerprint density at radius 2 is 1.88 bits per heavy atom. The van der Waals surface area contributed by atoms with Crippen molar-refractivity contribution in [2.75, 3.05) is 12.4 Å². The van der Waals surface area contributed by atoms with Crippen molar-refractivity contribution in [2.45, 2.75) is 31.2 Å². The fourth-order valence-corrected chi connectivity index (χ4v) is 2.16. The summed E-state index contributed by atoms with van der Waals surface area (Å²) in [6, 6.07) is 7.25. The van der Waals surface area contributed by atoms with Gasteiger partial charge in [0, 0.05) is 5.69 Å². The standard InChI is InChI=1S/C13H18N2O2/c1-17-11-6-4-10(5-7-11)15-12(16)13(14)8-2-3-9-13/h4-7H,2-3,8-9,14H2,1H3,(H,15,16). The Hall–Kier alpha value is -1.55. The van der Waals surface area contributed by atoms with Gasteiger partial charge in [-0.1, -0.05) is 12.8 Å². The summed E-state index contributed by atoms with van der Waals surface area (Å²) in [5.74, 6) is 0.687. The molecule has 0 saturated heterocycles. The highest BCUT2D eigenvalue weighted by Gasteiger charge is 2.36. The molecule has 2 rings (SSSR count). The number of anilines is 1. The number of amides is 1. The maximum atomic E-state index is 12.0. The van der Waals surface area contributed by atoms with Crippen molar-refractivity contribution >= 4 is 11.6 Å². The molecular formula is C13H18N2O2. The van der Waals surface area contributed by atoms with Gasteiger partial charge in [0.15, 0.2) is 0 Å². The average molecular weight is 234 g/mol. The van der Waals surface area contributed by atoms with Crippen molar-refractivity contribution in [3.8, 4) is 5.75 Å². The number of carbonyl (C=O) groups excluding carboxylic acids is 1. The molecule has 0 spiro atoms. The summed E-state index contributed by atoms with van der Waals surface area (Å²) < 4.78 is 5.06. The van der Waals surface area contributed by atoms with E-state index in [1.165, 1.54) is 0 Å². The molecule has 4 nitrogen and oxygen atoms in total. The first kappa shape index (κ1) is 11.9. The van der Waals surface area contributed by atoms with E-state index in [2.05, 4.69) is 5.32 Å². The third-order valence-electron chi connectivity index (χ3n) is 3.30. The zero-order chi connectivity index (χ0) is 12.3. The first-order valence-electron chi connectivity index (χ1n) is 5.88. The Morgan fingerprint density at radius 3 is 2.41 bits per heavy atom. The van der Waals surface area contributed by atoms with E-state index in [1.807, 2.05) is 24.3 Å². The minimum atomic E-state index is -0.681. The monoisotopic (exact) mass is 234 g/mol. The van der Waals surface area contributed by atoms with Crippen molar-refractivity contribution in [3.63, 3.8) is 0 Å². The van der Waals surface area contributed by atoms with Gasteiger partial charge >= 0.3 is 0 Å². The molecule has 0 aromatic heterocycles. The first-order valence-corrected chi connectivity index (χ1v) is 5.88. The first-order chi connectivity index (χ1) is 8.14. The van der Waals surface area contributed by atoms with Crippen LogP contribution in [-0.2, 0) is 4.79 Å². The highest BCUT2D eigenvalue weighted by atomic mass is 16.5. The number of ether oxygens (including phenoxy) is 1. The van der Waals surface area contributed by atoms with Gasteiger partial charge in [0.25, 0.3) is 0 Å². The maximum absolute atomic E-state index is 12.0. The van der Waals surface area contributed by atoms with Crippen LogP contribution in [0.4, 0.5) is 5.69 Å². The molecule has 0 bridgehead atoms. The molecule has 0 aliphatic heterocycles. The molecule has 4 heteroatoms. The Bertz CT molecular complexity index is 394. The number of benzene rings is 1. The number of hydrogen-bond donors (Lipinski definition) is 2. The van der Waals surface area contributed by atoms with Crippen molar-refractivity contribution in [2.24, 2.45) is 5.73 Å². The van der Waals surface area contributed by atoms with E-state index in [0.29, 0.717) is 0 Å². The third-order valence-corrected chi connectivity index (χ3v) is 3.30. The van der Waals surface area contributed by atoms with Crippen molar-refractivity contribution in [1.82, 2.24) is 0 Å². The van der Waals surface area contributed by atoms with Crippen LogP contribution in [0.5, 0.6) is 5.75 Å². The van der Waals surface area contributed by atoms with Crippen molar-refractivity contribution in [1.29, 1.82) is 0 Å². The second-order valence-electron chi connectivity index (χ2n) is 4.55. The summed E-state index contributed by atoms with van der Waals surface area (Å²) in [5.41, 5.74) is 6.15. The zero-order valence-corrected chi connectivity index (χ0v) is 10.0. The topological polar surface area (TPSA) is 64.3 Å². The van der Waals surface area contributed by atoms with Crippen LogP contribution in [-0.4, -0.2) is 18.6 Å². The summed E-state index contributed by atoms with van der Waals surface area (Å²) in [7, 11) is 1.61. The van der Waals surface area contributed by atoms with Crippen LogP contribution in [0.3, 0.4) is 0 Å². The molecule has 1 amide bonds. The van der Waals surface area contributed by atoms with Crippen molar-refractivity contribution < 1.29 is 9.53 Å². The second-order valence-corrected chi connectivity index (χ2v) is 4.55. The van der Waals surface area contributed by atoms with E-state index in [-0.39, 0.29) is 5.91 Å². The molecule has 1 aromatic carbocycles. The number of nitrogens with one attached hydrogen (secondary N) is 1. The van der Waals surface area contributed by atoms with Gasteiger partial charge in [-0.25, -0.2) is 0 Å². The Morgan fingerprint density at radius 1 is 1.29 bits per heavy atom. The van der Waals surface area contributed by atoms with Gasteiger partial charge < -0.3 is 15.8 Å². The lowest BCUT2D eigenvalue weighted by Crippen LogP contribution is -2.48. The molecule has 3 N–H and O–H groups in total. The lowest BCUT2D eigenvalue weighted by molar-refractivity contribution is -0.121. The smallest absolute Gasteiger partial charge is 0.244 e. The number of methoxy groups -OCH3 is 1. The number of rotatable bonds is 3. The minimum absolute atomic E-state index is 0.0832. The molecule has 92 valence electrons. The summed E-state index contributed by atoms with van der Waals surface area (Å²) in [5, 5.41) is 2.86. The van der Waals surface area contributed by atoms with Gasteiger partial charge in [0.05, 0.1) is 12.6 Å². The van der Waals surface area contributed by atoms with Crippen LogP contribution in [0.2, 0.25) is 0 Å². The second kappa shape index (κ2) is 4.75. The lowest BCUT2D eigenvalue weighted by atomic mass is 9.98. The van der Waals surface area contributed by atoms with Crippen LogP contribution in [0.1, 0.15) is 25.7 Å². The zero-order valence-electron chi connectivity index (χ0n) is 10.0. The quantitative estimate of drug-likeness (QED) is 0.839. The van der Waals surface area contributed by atoms with E-state index in [9.17, 15) is 4.79 Å². The molecule has 17 heavy (non-hydrogen) atoms. The van der Waals surface area contributed by atoms with E-state index < -0.39 is 5.54 Å². The predicted molar refractivity (Wildman–Crippen MR) is 67.0 cm³/mol. The van der Waals surface area contributed by atoms with E-state index in [4.69, 9.17) is 10.5 Å². The van der Waals surface area contributed by atoms with Gasteiger partial charge in [0.2, 0.25) is 5.91 Å². The van der Waals surface area contributed by atoms with Crippen LogP contribution >= 0.6 is 0 Å². The summed E-state index contributed by atoms with van der Waals surface area (Å²) in [6.07, 6.45) is 3.61. The van der Waals surface area contributed by atoms with Crippen LogP contribution in [0.25, 0.3) is 0 Å². The fraction of sp³-hybridized carbons (Fsp3) is 0.462. The van der Waals surface area contributed by atoms with Gasteiger partial charge in [-0.2, -0.15) is 0 Å². The van der Waals surface area contributed by atoms with E-state index in [0.717, 1.165) is 37.1 Å². The predicted octanol–water partition coefficient (Wildman–Crippen LogP) is 1.91. The van der Waals surface area contributed by atoms with Gasteiger partial charge in [-0.15, -0.1) is 0 Å². The van der Waals surface area contributed by atoms with Gasteiger partial charge in [-0.05, 0) is 37.1 Å². The lowest BCUT2D eigenvalue weighted by Gasteiger charge is -2.22. The number of hydrogen-bond acceptors (Lipinski definition) is 3. The molecule has 1 saturated carbocycles. The number of carbonyl (C=O) groups is 1. The molecule has 1 aromatic rings. The molecule has 1 aliphatic carbocycles.